The quantitative estimate of drug-likeness (QED) is 0.712. The maximum Gasteiger partial charge on any atom is 0.240 e. The molecule has 0 spiro atoms. The summed E-state index contributed by atoms with van der Waals surface area (Å²) in [4.78, 5) is 11.6. The van der Waals surface area contributed by atoms with Crippen molar-refractivity contribution >= 4 is 28.3 Å². The monoisotopic (exact) mass is 321 g/mol. The van der Waals surface area contributed by atoms with Gasteiger partial charge < -0.3 is 11.1 Å². The number of hydrogen-bond acceptors (Lipinski definition) is 4. The molecule has 0 saturated carbocycles. The summed E-state index contributed by atoms with van der Waals surface area (Å²) < 4.78 is 25.3. The smallest absolute Gasteiger partial charge is 0.240 e. The third kappa shape index (κ3) is 5.09. The van der Waals surface area contributed by atoms with Gasteiger partial charge in [-0.15, -0.1) is 12.4 Å². The fourth-order valence-corrected chi connectivity index (χ4v) is 2.31. The zero-order valence-corrected chi connectivity index (χ0v) is 13.1. The highest BCUT2D eigenvalue weighted by atomic mass is 35.5. The fourth-order valence-electron chi connectivity index (χ4n) is 1.58. The average Bonchev–Trinajstić information content (AvgIpc) is 2.39. The van der Waals surface area contributed by atoms with Crippen LogP contribution in [-0.4, -0.2) is 27.9 Å². The van der Waals surface area contributed by atoms with Crippen LogP contribution in [0.5, 0.6) is 0 Å². The number of nitrogens with two attached hydrogens (primary N) is 1. The Labute approximate surface area is 125 Å². The van der Waals surface area contributed by atoms with Gasteiger partial charge in [-0.2, -0.15) is 0 Å². The van der Waals surface area contributed by atoms with Gasteiger partial charge in [0.25, 0.3) is 0 Å². The van der Waals surface area contributed by atoms with E-state index in [0.717, 1.165) is 5.56 Å². The van der Waals surface area contributed by atoms with Crippen molar-refractivity contribution in [3.8, 4) is 0 Å². The van der Waals surface area contributed by atoms with E-state index in [1.165, 1.54) is 19.2 Å². The Bertz CT molecular complexity index is 531. The van der Waals surface area contributed by atoms with Gasteiger partial charge in [-0.1, -0.05) is 12.1 Å². The number of benzene rings is 1. The van der Waals surface area contributed by atoms with Gasteiger partial charge in [0.15, 0.2) is 0 Å². The number of carbonyl (C=O) groups excluding carboxylic acids is 1. The number of sulfonamides is 1. The van der Waals surface area contributed by atoms with Crippen LogP contribution >= 0.6 is 12.4 Å². The Morgan fingerprint density at radius 1 is 1.30 bits per heavy atom. The van der Waals surface area contributed by atoms with Crippen molar-refractivity contribution in [2.75, 3.05) is 13.6 Å². The summed E-state index contributed by atoms with van der Waals surface area (Å²) in [5.41, 5.74) is 6.13. The van der Waals surface area contributed by atoms with Gasteiger partial charge in [-0.3, -0.25) is 4.79 Å². The molecule has 1 amide bonds. The van der Waals surface area contributed by atoms with E-state index < -0.39 is 10.0 Å². The van der Waals surface area contributed by atoms with E-state index >= 15 is 0 Å². The summed E-state index contributed by atoms with van der Waals surface area (Å²) in [6.45, 7) is 2.13. The minimum atomic E-state index is -3.43. The minimum Gasteiger partial charge on any atom is -0.350 e. The molecule has 114 valence electrons. The molecule has 20 heavy (non-hydrogen) atoms. The minimum absolute atomic E-state index is 0. The molecule has 1 aromatic carbocycles. The van der Waals surface area contributed by atoms with E-state index in [1.807, 2.05) is 6.92 Å². The summed E-state index contributed by atoms with van der Waals surface area (Å²) in [6, 6.07) is 6.18. The predicted molar refractivity (Wildman–Crippen MR) is 80.2 cm³/mol. The fraction of sp³-hybridized carbons (Fsp3) is 0.417. The highest BCUT2D eigenvalue weighted by Crippen LogP contribution is 2.16. The first-order chi connectivity index (χ1) is 8.90. The van der Waals surface area contributed by atoms with Crippen LogP contribution in [0.25, 0.3) is 0 Å². The van der Waals surface area contributed by atoms with Crippen LogP contribution in [0.2, 0.25) is 0 Å². The molecular weight excluding hydrogens is 302 g/mol. The molecule has 8 heteroatoms. The first-order valence-corrected chi connectivity index (χ1v) is 7.42. The Morgan fingerprint density at radius 3 is 2.30 bits per heavy atom. The molecule has 0 aliphatic heterocycles. The number of carbonyl (C=O) groups is 1. The van der Waals surface area contributed by atoms with Crippen LogP contribution < -0.4 is 15.8 Å². The lowest BCUT2D eigenvalue weighted by Gasteiger charge is -2.14. The third-order valence-corrected chi connectivity index (χ3v) is 4.14. The van der Waals surface area contributed by atoms with Crippen molar-refractivity contribution in [1.82, 2.24) is 10.0 Å². The Morgan fingerprint density at radius 2 is 1.85 bits per heavy atom. The molecule has 0 radical (unpaired) electrons. The second-order valence-electron chi connectivity index (χ2n) is 4.10. The van der Waals surface area contributed by atoms with Crippen LogP contribution in [0.4, 0.5) is 0 Å². The van der Waals surface area contributed by atoms with Crippen LogP contribution in [-0.2, 0) is 14.8 Å². The van der Waals surface area contributed by atoms with Crippen molar-refractivity contribution in [3.63, 3.8) is 0 Å². The Balaban J connectivity index is 0.00000361. The topological polar surface area (TPSA) is 101 Å². The van der Waals surface area contributed by atoms with E-state index in [9.17, 15) is 13.2 Å². The molecule has 0 aromatic heterocycles. The molecule has 0 aliphatic carbocycles. The summed E-state index contributed by atoms with van der Waals surface area (Å²) in [5.74, 6) is -0.123. The molecule has 0 heterocycles. The maximum atomic E-state index is 11.6. The van der Waals surface area contributed by atoms with E-state index in [0.29, 0.717) is 6.54 Å². The van der Waals surface area contributed by atoms with Crippen molar-refractivity contribution in [1.29, 1.82) is 0 Å². The maximum absolute atomic E-state index is 11.6. The normalized spacial score (nSPS) is 12.3. The van der Waals surface area contributed by atoms with Crippen LogP contribution in [0.1, 0.15) is 24.9 Å². The predicted octanol–water partition coefficient (Wildman–Crippen LogP) is 0.542. The van der Waals surface area contributed by atoms with Crippen LogP contribution in [0, 0.1) is 0 Å². The molecule has 4 N–H and O–H groups in total. The zero-order valence-electron chi connectivity index (χ0n) is 11.4. The number of halogens is 1. The van der Waals surface area contributed by atoms with Crippen molar-refractivity contribution < 1.29 is 13.2 Å². The Hall–Kier alpha value is -1.15. The van der Waals surface area contributed by atoms with Crippen LogP contribution in [0.15, 0.2) is 29.2 Å². The van der Waals surface area contributed by atoms with Gasteiger partial charge in [0, 0.05) is 13.0 Å². The third-order valence-electron chi connectivity index (χ3n) is 2.71. The molecule has 6 nitrogen and oxygen atoms in total. The largest absolute Gasteiger partial charge is 0.350 e. The van der Waals surface area contributed by atoms with Crippen LogP contribution in [0.3, 0.4) is 0 Å². The first kappa shape index (κ1) is 18.9. The highest BCUT2D eigenvalue weighted by Gasteiger charge is 2.13. The van der Waals surface area contributed by atoms with Gasteiger partial charge in [-0.05, 0) is 31.7 Å². The molecule has 1 aromatic rings. The van der Waals surface area contributed by atoms with E-state index in [2.05, 4.69) is 10.0 Å². The molecule has 1 rings (SSSR count). The second kappa shape index (κ2) is 8.21. The molecule has 0 bridgehead atoms. The molecule has 1 unspecified atom stereocenters. The zero-order chi connectivity index (χ0) is 14.5. The summed E-state index contributed by atoms with van der Waals surface area (Å²) in [7, 11) is -2.07. The molecular formula is C12H20ClN3O3S. The van der Waals surface area contributed by atoms with Gasteiger partial charge >= 0.3 is 0 Å². The highest BCUT2D eigenvalue weighted by molar-refractivity contribution is 7.89. The van der Waals surface area contributed by atoms with Crippen molar-refractivity contribution in [3.05, 3.63) is 29.8 Å². The average molecular weight is 322 g/mol. The number of amides is 1. The second-order valence-corrected chi connectivity index (χ2v) is 5.99. The lowest BCUT2D eigenvalue weighted by atomic mass is 10.1. The van der Waals surface area contributed by atoms with Gasteiger partial charge in [0.1, 0.15) is 0 Å². The molecule has 0 fully saturated rings. The van der Waals surface area contributed by atoms with Crippen molar-refractivity contribution in [2.24, 2.45) is 5.73 Å². The summed E-state index contributed by atoms with van der Waals surface area (Å²) in [5, 5.41) is 2.79. The first-order valence-electron chi connectivity index (χ1n) is 5.93. The van der Waals surface area contributed by atoms with E-state index in [-0.39, 0.29) is 35.7 Å². The molecule has 0 aliphatic rings. The Kier molecular flexibility index (Phi) is 7.74. The lowest BCUT2D eigenvalue weighted by molar-refractivity contribution is -0.121. The van der Waals surface area contributed by atoms with Gasteiger partial charge in [0.05, 0.1) is 10.9 Å². The molecule has 0 saturated heterocycles. The van der Waals surface area contributed by atoms with E-state index in [4.69, 9.17) is 5.73 Å². The van der Waals surface area contributed by atoms with Crippen molar-refractivity contribution in [2.45, 2.75) is 24.3 Å². The number of hydrogen-bond donors (Lipinski definition) is 3. The van der Waals surface area contributed by atoms with Gasteiger partial charge in [-0.25, -0.2) is 13.1 Å². The lowest BCUT2D eigenvalue weighted by Crippen LogP contribution is -2.28. The number of rotatable bonds is 6. The van der Waals surface area contributed by atoms with Gasteiger partial charge in [0.2, 0.25) is 15.9 Å². The summed E-state index contributed by atoms with van der Waals surface area (Å²) >= 11 is 0. The summed E-state index contributed by atoms with van der Waals surface area (Å²) in [6.07, 6.45) is 0.274. The SMILES string of the molecule is CNS(=O)(=O)c1ccc(C(C)NC(=O)CCN)cc1.Cl. The number of nitrogens with one attached hydrogen (secondary N) is 2. The standard InChI is InChI=1S/C12H19N3O3S.ClH/c1-9(15-12(16)7-8-13)10-3-5-11(6-4-10)19(17,18)14-2;/h3-6,9,14H,7-8,13H2,1-2H3,(H,15,16);1H. The van der Waals surface area contributed by atoms with E-state index in [1.54, 1.807) is 12.1 Å². The molecule has 1 atom stereocenters.